The number of ether oxygens (including phenoxy) is 1. The Bertz CT molecular complexity index is 596. The van der Waals surface area contributed by atoms with E-state index in [0.717, 1.165) is 42.0 Å². The molecule has 1 unspecified atom stereocenters. The quantitative estimate of drug-likeness (QED) is 0.825. The van der Waals surface area contributed by atoms with E-state index in [1.165, 1.54) is 12.8 Å². The third-order valence-corrected chi connectivity index (χ3v) is 3.93. The molecule has 0 aliphatic carbocycles. The van der Waals surface area contributed by atoms with Crippen LogP contribution in [0.5, 0.6) is 0 Å². The highest BCUT2D eigenvalue weighted by Crippen LogP contribution is 2.27. The minimum atomic E-state index is 0.480. The molecule has 0 spiro atoms. The van der Waals surface area contributed by atoms with Crippen LogP contribution in [0.3, 0.4) is 0 Å². The Morgan fingerprint density at radius 2 is 2.43 bits per heavy atom. The summed E-state index contributed by atoms with van der Waals surface area (Å²) in [7, 11) is 1.71. The topological polar surface area (TPSA) is 59.1 Å². The molecule has 3 rings (SSSR count). The molecule has 0 aromatic carbocycles. The van der Waals surface area contributed by atoms with E-state index in [9.17, 15) is 0 Å². The summed E-state index contributed by atoms with van der Waals surface area (Å²) >= 11 is 0. The van der Waals surface area contributed by atoms with Crippen LogP contribution in [0.1, 0.15) is 24.5 Å². The molecule has 5 heteroatoms. The van der Waals surface area contributed by atoms with Gasteiger partial charge in [0.05, 0.1) is 12.1 Å². The summed E-state index contributed by atoms with van der Waals surface area (Å²) in [6, 6.07) is 6.15. The van der Waals surface area contributed by atoms with Gasteiger partial charge in [0.1, 0.15) is 5.82 Å². The molecule has 3 heterocycles. The average molecular weight is 286 g/mol. The van der Waals surface area contributed by atoms with E-state index in [4.69, 9.17) is 9.72 Å². The first-order valence-electron chi connectivity index (χ1n) is 7.57. The summed E-state index contributed by atoms with van der Waals surface area (Å²) < 4.78 is 5.11. The van der Waals surface area contributed by atoms with Crippen molar-refractivity contribution < 1.29 is 4.74 Å². The summed E-state index contributed by atoms with van der Waals surface area (Å²) in [5.41, 5.74) is 2.14. The molecule has 1 saturated heterocycles. The van der Waals surface area contributed by atoms with Crippen molar-refractivity contribution in [1.29, 1.82) is 0 Å². The minimum Gasteiger partial charge on any atom is -0.383 e. The van der Waals surface area contributed by atoms with E-state index < -0.39 is 0 Å². The first-order chi connectivity index (χ1) is 10.4. The highest BCUT2D eigenvalue weighted by atomic mass is 16.5. The van der Waals surface area contributed by atoms with E-state index in [0.29, 0.717) is 12.5 Å². The molecule has 0 saturated carbocycles. The molecule has 1 fully saturated rings. The maximum absolute atomic E-state index is 5.11. The van der Waals surface area contributed by atoms with Crippen LogP contribution in [-0.4, -0.2) is 43.3 Å². The number of hydrogen-bond acceptors (Lipinski definition) is 5. The highest BCUT2D eigenvalue weighted by molar-refractivity contribution is 5.89. The molecule has 2 aromatic rings. The summed E-state index contributed by atoms with van der Waals surface area (Å²) in [5, 5.41) is 7.89. The van der Waals surface area contributed by atoms with E-state index in [2.05, 4.69) is 27.8 Å². The van der Waals surface area contributed by atoms with Gasteiger partial charge in [-0.1, -0.05) is 0 Å². The molecule has 1 atom stereocenters. The third-order valence-electron chi connectivity index (χ3n) is 3.93. The van der Waals surface area contributed by atoms with Crippen molar-refractivity contribution in [1.82, 2.24) is 15.3 Å². The zero-order valence-corrected chi connectivity index (χ0v) is 12.4. The number of rotatable bonds is 5. The van der Waals surface area contributed by atoms with Gasteiger partial charge in [0.15, 0.2) is 0 Å². The number of pyridine rings is 2. The molecular formula is C16H22N4O. The van der Waals surface area contributed by atoms with Gasteiger partial charge in [0, 0.05) is 43.4 Å². The molecule has 0 amide bonds. The summed E-state index contributed by atoms with van der Waals surface area (Å²) in [5.74, 6) is 1.39. The number of nitrogens with zero attached hydrogens (tertiary/aromatic N) is 2. The second kappa shape index (κ2) is 6.83. The normalized spacial score (nSPS) is 18.8. The molecule has 0 bridgehead atoms. The van der Waals surface area contributed by atoms with Crippen LogP contribution in [0.25, 0.3) is 10.9 Å². The smallest absolute Gasteiger partial charge is 0.135 e. The predicted molar refractivity (Wildman–Crippen MR) is 84.7 cm³/mol. The predicted octanol–water partition coefficient (Wildman–Crippen LogP) is 2.16. The van der Waals surface area contributed by atoms with Gasteiger partial charge in [0.25, 0.3) is 0 Å². The van der Waals surface area contributed by atoms with Crippen LogP contribution in [0.2, 0.25) is 0 Å². The monoisotopic (exact) mass is 286 g/mol. The maximum atomic E-state index is 5.11. The maximum Gasteiger partial charge on any atom is 0.135 e. The lowest BCUT2D eigenvalue weighted by Gasteiger charge is -2.23. The van der Waals surface area contributed by atoms with Crippen LogP contribution in [0.15, 0.2) is 24.4 Å². The van der Waals surface area contributed by atoms with Crippen molar-refractivity contribution in [2.75, 3.05) is 38.7 Å². The van der Waals surface area contributed by atoms with E-state index in [1.54, 1.807) is 7.11 Å². The fourth-order valence-electron chi connectivity index (χ4n) is 2.81. The first kappa shape index (κ1) is 14.2. The number of nitrogens with one attached hydrogen (secondary N) is 2. The zero-order chi connectivity index (χ0) is 14.5. The van der Waals surface area contributed by atoms with Crippen LogP contribution in [0, 0.1) is 0 Å². The van der Waals surface area contributed by atoms with Gasteiger partial charge >= 0.3 is 0 Å². The minimum absolute atomic E-state index is 0.480. The first-order valence-corrected chi connectivity index (χ1v) is 7.57. The Hall–Kier alpha value is -1.72. The highest BCUT2D eigenvalue weighted by Gasteiger charge is 2.18. The van der Waals surface area contributed by atoms with Crippen LogP contribution < -0.4 is 10.6 Å². The fraction of sp³-hybridized carbons (Fsp3) is 0.500. The number of fused-ring (bicyclic) bond motifs is 1. The second-order valence-corrected chi connectivity index (χ2v) is 5.43. The van der Waals surface area contributed by atoms with Crippen molar-refractivity contribution in [3.63, 3.8) is 0 Å². The summed E-state index contributed by atoms with van der Waals surface area (Å²) in [6.45, 7) is 3.53. The molecule has 5 nitrogen and oxygen atoms in total. The molecule has 0 radical (unpaired) electrons. The van der Waals surface area contributed by atoms with Gasteiger partial charge in [0.2, 0.25) is 0 Å². The Kier molecular flexibility index (Phi) is 4.62. The Balaban J connectivity index is 1.93. The zero-order valence-electron chi connectivity index (χ0n) is 12.4. The van der Waals surface area contributed by atoms with Gasteiger partial charge in [-0.25, -0.2) is 4.98 Å². The number of methoxy groups -OCH3 is 1. The number of hydrogen-bond donors (Lipinski definition) is 2. The fourth-order valence-corrected chi connectivity index (χ4v) is 2.81. The number of aromatic nitrogens is 2. The van der Waals surface area contributed by atoms with Crippen LogP contribution >= 0.6 is 0 Å². The molecule has 112 valence electrons. The van der Waals surface area contributed by atoms with Crippen molar-refractivity contribution in [3.05, 3.63) is 30.1 Å². The van der Waals surface area contributed by atoms with Gasteiger partial charge in [-0.05, 0) is 37.6 Å². The lowest BCUT2D eigenvalue weighted by atomic mass is 9.95. The molecular weight excluding hydrogens is 264 g/mol. The average Bonchev–Trinajstić information content (AvgIpc) is 2.55. The van der Waals surface area contributed by atoms with E-state index >= 15 is 0 Å². The van der Waals surface area contributed by atoms with Gasteiger partial charge in [-0.15, -0.1) is 0 Å². The van der Waals surface area contributed by atoms with Crippen LogP contribution in [0.4, 0.5) is 5.82 Å². The largest absolute Gasteiger partial charge is 0.383 e. The molecule has 2 aromatic heterocycles. The van der Waals surface area contributed by atoms with Crippen LogP contribution in [-0.2, 0) is 4.74 Å². The van der Waals surface area contributed by atoms with Crippen molar-refractivity contribution in [3.8, 4) is 0 Å². The number of anilines is 1. The molecule has 2 N–H and O–H groups in total. The Morgan fingerprint density at radius 3 is 3.24 bits per heavy atom. The standard InChI is InChI=1S/C16H22N4O/c1-21-9-8-19-16-13-5-3-7-18-15(13)10-14(20-16)12-4-2-6-17-11-12/h3,5,7,10,12,17H,2,4,6,8-9,11H2,1H3,(H,19,20). The molecule has 21 heavy (non-hydrogen) atoms. The van der Waals surface area contributed by atoms with Gasteiger partial charge in [-0.3, -0.25) is 4.98 Å². The summed E-state index contributed by atoms with van der Waals surface area (Å²) in [6.07, 6.45) is 4.24. The molecule has 1 aliphatic rings. The Labute approximate surface area is 125 Å². The molecule has 1 aliphatic heterocycles. The third kappa shape index (κ3) is 3.31. The SMILES string of the molecule is COCCNc1nc(C2CCCNC2)cc2ncccc12. The lowest BCUT2D eigenvalue weighted by molar-refractivity contribution is 0.210. The number of piperidine rings is 1. The van der Waals surface area contributed by atoms with Gasteiger partial charge in [-0.2, -0.15) is 0 Å². The van der Waals surface area contributed by atoms with Crippen molar-refractivity contribution >= 4 is 16.7 Å². The van der Waals surface area contributed by atoms with E-state index in [1.807, 2.05) is 12.3 Å². The lowest BCUT2D eigenvalue weighted by Crippen LogP contribution is -2.29. The van der Waals surface area contributed by atoms with Gasteiger partial charge < -0.3 is 15.4 Å². The Morgan fingerprint density at radius 1 is 1.48 bits per heavy atom. The second-order valence-electron chi connectivity index (χ2n) is 5.43. The van der Waals surface area contributed by atoms with Crippen molar-refractivity contribution in [2.24, 2.45) is 0 Å². The van der Waals surface area contributed by atoms with E-state index in [-0.39, 0.29) is 0 Å². The van der Waals surface area contributed by atoms with Crippen molar-refractivity contribution in [2.45, 2.75) is 18.8 Å². The summed E-state index contributed by atoms with van der Waals surface area (Å²) in [4.78, 5) is 9.34.